The highest BCUT2D eigenvalue weighted by atomic mass is 16.5. The fraction of sp³-hybridized carbons (Fsp3) is 0.533. The van der Waals surface area contributed by atoms with E-state index in [9.17, 15) is 4.79 Å². The van der Waals surface area contributed by atoms with Gasteiger partial charge in [0.15, 0.2) is 0 Å². The Labute approximate surface area is 120 Å². The molecule has 5 nitrogen and oxygen atoms in total. The molecule has 0 spiro atoms. The van der Waals surface area contributed by atoms with Gasteiger partial charge in [-0.2, -0.15) is 0 Å². The van der Waals surface area contributed by atoms with E-state index in [1.807, 2.05) is 30.3 Å². The number of benzene rings is 1. The van der Waals surface area contributed by atoms with E-state index < -0.39 is 0 Å². The highest BCUT2D eigenvalue weighted by Crippen LogP contribution is 1.97. The first kappa shape index (κ1) is 15.0. The molecule has 0 atom stereocenters. The van der Waals surface area contributed by atoms with Crippen molar-refractivity contribution in [1.29, 1.82) is 0 Å². The second-order valence-corrected chi connectivity index (χ2v) is 4.89. The van der Waals surface area contributed by atoms with Gasteiger partial charge in [-0.3, -0.25) is 9.69 Å². The van der Waals surface area contributed by atoms with Crippen molar-refractivity contribution in [2.45, 2.75) is 6.54 Å². The fourth-order valence-electron chi connectivity index (χ4n) is 2.12. The van der Waals surface area contributed by atoms with Gasteiger partial charge in [0.2, 0.25) is 5.91 Å². The third kappa shape index (κ3) is 5.69. The SMILES string of the molecule is O=C(CNCCN1CCOCC1)NCc1ccccc1. The summed E-state index contributed by atoms with van der Waals surface area (Å²) in [4.78, 5) is 14.0. The van der Waals surface area contributed by atoms with Gasteiger partial charge in [0.05, 0.1) is 19.8 Å². The zero-order valence-electron chi connectivity index (χ0n) is 11.8. The van der Waals surface area contributed by atoms with Crippen LogP contribution in [0.4, 0.5) is 0 Å². The van der Waals surface area contributed by atoms with E-state index in [1.54, 1.807) is 0 Å². The Morgan fingerprint density at radius 3 is 2.70 bits per heavy atom. The zero-order chi connectivity index (χ0) is 14.0. The van der Waals surface area contributed by atoms with E-state index >= 15 is 0 Å². The molecule has 1 aliphatic heterocycles. The number of nitrogens with zero attached hydrogens (tertiary/aromatic N) is 1. The summed E-state index contributed by atoms with van der Waals surface area (Å²) < 4.78 is 5.29. The number of hydrogen-bond donors (Lipinski definition) is 2. The summed E-state index contributed by atoms with van der Waals surface area (Å²) in [7, 11) is 0. The third-order valence-electron chi connectivity index (χ3n) is 3.33. The van der Waals surface area contributed by atoms with Crippen LogP contribution in [0.1, 0.15) is 5.56 Å². The Balaban J connectivity index is 1.51. The molecular weight excluding hydrogens is 254 g/mol. The Bertz CT molecular complexity index is 391. The summed E-state index contributed by atoms with van der Waals surface area (Å²) in [6.45, 7) is 6.37. The van der Waals surface area contributed by atoms with E-state index in [-0.39, 0.29) is 5.91 Å². The average molecular weight is 277 g/mol. The number of nitrogens with one attached hydrogen (secondary N) is 2. The molecule has 0 aliphatic carbocycles. The van der Waals surface area contributed by atoms with E-state index in [0.717, 1.165) is 45.0 Å². The predicted octanol–water partition coefficient (Wildman–Crippen LogP) is 0.225. The maximum atomic E-state index is 11.7. The third-order valence-corrected chi connectivity index (χ3v) is 3.33. The number of ether oxygens (including phenoxy) is 1. The molecule has 1 heterocycles. The first-order valence-electron chi connectivity index (χ1n) is 7.16. The highest BCUT2D eigenvalue weighted by molar-refractivity contribution is 5.77. The lowest BCUT2D eigenvalue weighted by atomic mass is 10.2. The molecule has 1 amide bonds. The highest BCUT2D eigenvalue weighted by Gasteiger charge is 2.09. The van der Waals surface area contributed by atoms with Gasteiger partial charge in [0.25, 0.3) is 0 Å². The normalized spacial score (nSPS) is 16.0. The molecule has 0 saturated carbocycles. The van der Waals surface area contributed by atoms with Crippen molar-refractivity contribution in [2.24, 2.45) is 0 Å². The second kappa shape index (κ2) is 8.68. The lowest BCUT2D eigenvalue weighted by molar-refractivity contribution is -0.120. The maximum Gasteiger partial charge on any atom is 0.234 e. The summed E-state index contributed by atoms with van der Waals surface area (Å²) in [5, 5.41) is 6.08. The monoisotopic (exact) mass is 277 g/mol. The van der Waals surface area contributed by atoms with Gasteiger partial charge >= 0.3 is 0 Å². The largest absolute Gasteiger partial charge is 0.379 e. The van der Waals surface area contributed by atoms with Crippen LogP contribution in [0.15, 0.2) is 30.3 Å². The van der Waals surface area contributed by atoms with E-state index in [4.69, 9.17) is 4.74 Å². The first-order chi connectivity index (χ1) is 9.84. The van der Waals surface area contributed by atoms with Gasteiger partial charge in [-0.1, -0.05) is 30.3 Å². The molecular formula is C15H23N3O2. The van der Waals surface area contributed by atoms with Crippen molar-refractivity contribution in [3.63, 3.8) is 0 Å². The van der Waals surface area contributed by atoms with E-state index in [2.05, 4.69) is 15.5 Å². The number of hydrogen-bond acceptors (Lipinski definition) is 4. The van der Waals surface area contributed by atoms with Crippen LogP contribution in [0.2, 0.25) is 0 Å². The van der Waals surface area contributed by atoms with Crippen LogP contribution in [0.25, 0.3) is 0 Å². The Morgan fingerprint density at radius 2 is 1.95 bits per heavy atom. The quantitative estimate of drug-likeness (QED) is 0.700. The van der Waals surface area contributed by atoms with Crippen LogP contribution in [-0.4, -0.2) is 56.7 Å². The zero-order valence-corrected chi connectivity index (χ0v) is 11.8. The molecule has 1 fully saturated rings. The molecule has 5 heteroatoms. The van der Waals surface area contributed by atoms with Crippen molar-refractivity contribution in [1.82, 2.24) is 15.5 Å². The minimum absolute atomic E-state index is 0.0378. The van der Waals surface area contributed by atoms with Crippen LogP contribution < -0.4 is 10.6 Å². The minimum atomic E-state index is 0.0378. The van der Waals surface area contributed by atoms with Crippen molar-refractivity contribution >= 4 is 5.91 Å². The van der Waals surface area contributed by atoms with Gasteiger partial charge < -0.3 is 15.4 Å². The standard InChI is InChI=1S/C15H23N3O2/c19-15(17-12-14-4-2-1-3-5-14)13-16-6-7-18-8-10-20-11-9-18/h1-5,16H,6-13H2,(H,17,19). The Kier molecular flexibility index (Phi) is 6.50. The average Bonchev–Trinajstić information content (AvgIpc) is 2.52. The number of morpholine rings is 1. The van der Waals surface area contributed by atoms with Crippen molar-refractivity contribution in [3.05, 3.63) is 35.9 Å². The van der Waals surface area contributed by atoms with Crippen LogP contribution in [0, 0.1) is 0 Å². The van der Waals surface area contributed by atoms with Gasteiger partial charge in [-0.25, -0.2) is 0 Å². The second-order valence-electron chi connectivity index (χ2n) is 4.89. The molecule has 0 unspecified atom stereocenters. The van der Waals surface area contributed by atoms with Gasteiger partial charge in [0.1, 0.15) is 0 Å². The van der Waals surface area contributed by atoms with Crippen molar-refractivity contribution in [2.75, 3.05) is 45.9 Å². The minimum Gasteiger partial charge on any atom is -0.379 e. The fourth-order valence-corrected chi connectivity index (χ4v) is 2.12. The van der Waals surface area contributed by atoms with Crippen LogP contribution in [-0.2, 0) is 16.1 Å². The number of rotatable bonds is 7. The maximum absolute atomic E-state index is 11.7. The van der Waals surface area contributed by atoms with E-state index in [0.29, 0.717) is 13.1 Å². The summed E-state index contributed by atoms with van der Waals surface area (Å²) in [5.74, 6) is 0.0378. The molecule has 0 radical (unpaired) electrons. The molecule has 0 bridgehead atoms. The molecule has 110 valence electrons. The molecule has 2 N–H and O–H groups in total. The molecule has 1 aliphatic rings. The predicted molar refractivity (Wildman–Crippen MR) is 78.4 cm³/mol. The van der Waals surface area contributed by atoms with Crippen LogP contribution in [0.5, 0.6) is 0 Å². The summed E-state index contributed by atoms with van der Waals surface area (Å²) >= 11 is 0. The lowest BCUT2D eigenvalue weighted by Crippen LogP contribution is -2.42. The lowest BCUT2D eigenvalue weighted by Gasteiger charge is -2.26. The van der Waals surface area contributed by atoms with Gasteiger partial charge in [-0.15, -0.1) is 0 Å². The summed E-state index contributed by atoms with van der Waals surface area (Å²) in [5.41, 5.74) is 1.12. The van der Waals surface area contributed by atoms with Crippen molar-refractivity contribution < 1.29 is 9.53 Å². The van der Waals surface area contributed by atoms with Crippen molar-refractivity contribution in [3.8, 4) is 0 Å². The molecule has 20 heavy (non-hydrogen) atoms. The Hall–Kier alpha value is -1.43. The molecule has 1 aromatic carbocycles. The molecule has 2 rings (SSSR count). The number of carbonyl (C=O) groups is 1. The molecule has 1 saturated heterocycles. The number of amides is 1. The summed E-state index contributed by atoms with van der Waals surface area (Å²) in [6.07, 6.45) is 0. The first-order valence-corrected chi connectivity index (χ1v) is 7.16. The Morgan fingerprint density at radius 1 is 1.20 bits per heavy atom. The van der Waals surface area contributed by atoms with Crippen LogP contribution >= 0.6 is 0 Å². The van der Waals surface area contributed by atoms with E-state index in [1.165, 1.54) is 0 Å². The smallest absolute Gasteiger partial charge is 0.234 e. The topological polar surface area (TPSA) is 53.6 Å². The summed E-state index contributed by atoms with van der Waals surface area (Å²) in [6, 6.07) is 9.93. The van der Waals surface area contributed by atoms with Crippen LogP contribution in [0.3, 0.4) is 0 Å². The molecule has 0 aromatic heterocycles. The van der Waals surface area contributed by atoms with Gasteiger partial charge in [0, 0.05) is 32.7 Å². The molecule has 1 aromatic rings. The number of carbonyl (C=O) groups excluding carboxylic acids is 1. The van der Waals surface area contributed by atoms with Gasteiger partial charge in [-0.05, 0) is 5.56 Å².